The number of benzene rings is 2. The van der Waals surface area contributed by atoms with Gasteiger partial charge in [-0.2, -0.15) is 5.10 Å². The van der Waals surface area contributed by atoms with E-state index in [0.29, 0.717) is 10.7 Å². The number of primary sulfonamides is 1. The van der Waals surface area contributed by atoms with Gasteiger partial charge >= 0.3 is 0 Å². The molecule has 0 atom stereocenters. The highest BCUT2D eigenvalue weighted by molar-refractivity contribution is 7.89. The standard InChI is InChI=1S/C15H14ClN3O2S/c16-13(10-12-4-2-1-3-5-12)11-18-19-14-6-8-15(9-7-14)22(17,20)21/h1-11,19H,(H2,17,20,21)/b13-10+,18-11?. The van der Waals surface area contributed by atoms with Crippen LogP contribution >= 0.6 is 11.6 Å². The Bertz CT molecular complexity index is 785. The number of allylic oxidation sites excluding steroid dienone is 1. The fourth-order valence-corrected chi connectivity index (χ4v) is 2.32. The quantitative estimate of drug-likeness (QED) is 0.650. The summed E-state index contributed by atoms with van der Waals surface area (Å²) in [5.41, 5.74) is 4.34. The number of hydrogen-bond acceptors (Lipinski definition) is 4. The zero-order valence-corrected chi connectivity index (χ0v) is 13.1. The molecule has 22 heavy (non-hydrogen) atoms. The van der Waals surface area contributed by atoms with Gasteiger partial charge in [0, 0.05) is 0 Å². The number of hydrogen-bond donors (Lipinski definition) is 2. The van der Waals surface area contributed by atoms with Crippen molar-refractivity contribution in [2.45, 2.75) is 4.90 Å². The van der Waals surface area contributed by atoms with Gasteiger partial charge in [-0.3, -0.25) is 5.43 Å². The molecule has 0 bridgehead atoms. The van der Waals surface area contributed by atoms with Crippen LogP contribution in [0.4, 0.5) is 5.69 Å². The van der Waals surface area contributed by atoms with Gasteiger partial charge in [-0.05, 0) is 35.9 Å². The number of nitrogens with zero attached hydrogens (tertiary/aromatic N) is 1. The van der Waals surface area contributed by atoms with E-state index in [1.165, 1.54) is 18.3 Å². The second-order valence-electron chi connectivity index (χ2n) is 4.38. The first-order valence-corrected chi connectivity index (χ1v) is 8.22. The van der Waals surface area contributed by atoms with Crippen LogP contribution in [0.5, 0.6) is 0 Å². The molecule has 0 saturated carbocycles. The Morgan fingerprint density at radius 1 is 1.09 bits per heavy atom. The summed E-state index contributed by atoms with van der Waals surface area (Å²) in [6, 6.07) is 15.5. The maximum absolute atomic E-state index is 11.1. The molecule has 0 spiro atoms. The lowest BCUT2D eigenvalue weighted by Crippen LogP contribution is -2.11. The molecule has 0 saturated heterocycles. The Kier molecular flexibility index (Phi) is 5.32. The molecule has 2 aromatic rings. The Labute approximate surface area is 134 Å². The summed E-state index contributed by atoms with van der Waals surface area (Å²) < 4.78 is 22.2. The monoisotopic (exact) mass is 335 g/mol. The SMILES string of the molecule is NS(=O)(=O)c1ccc(NN=C/C(Cl)=C\c2ccccc2)cc1. The van der Waals surface area contributed by atoms with E-state index >= 15 is 0 Å². The molecular weight excluding hydrogens is 322 g/mol. The van der Waals surface area contributed by atoms with Crippen molar-refractivity contribution in [3.05, 3.63) is 65.2 Å². The lowest BCUT2D eigenvalue weighted by Gasteiger charge is -2.01. The van der Waals surface area contributed by atoms with E-state index in [1.807, 2.05) is 30.3 Å². The van der Waals surface area contributed by atoms with E-state index in [9.17, 15) is 8.42 Å². The fraction of sp³-hybridized carbons (Fsp3) is 0. The maximum Gasteiger partial charge on any atom is 0.238 e. The number of rotatable bonds is 5. The molecule has 5 nitrogen and oxygen atoms in total. The predicted octanol–water partition coefficient (Wildman–Crippen LogP) is 3.01. The fourth-order valence-electron chi connectivity index (χ4n) is 1.63. The minimum absolute atomic E-state index is 0.0454. The van der Waals surface area contributed by atoms with Crippen molar-refractivity contribution in [2.75, 3.05) is 5.43 Å². The Morgan fingerprint density at radius 2 is 1.73 bits per heavy atom. The Hall–Kier alpha value is -2.15. The van der Waals surface area contributed by atoms with Crippen molar-refractivity contribution in [3.63, 3.8) is 0 Å². The van der Waals surface area contributed by atoms with Crippen LogP contribution < -0.4 is 10.6 Å². The molecule has 0 fully saturated rings. The van der Waals surface area contributed by atoms with Gasteiger partial charge in [0.05, 0.1) is 21.8 Å². The van der Waals surface area contributed by atoms with Gasteiger partial charge in [-0.15, -0.1) is 0 Å². The number of anilines is 1. The predicted molar refractivity (Wildman–Crippen MR) is 90.2 cm³/mol. The molecule has 2 aromatic carbocycles. The average Bonchev–Trinajstić information content (AvgIpc) is 2.48. The third-order valence-corrected chi connectivity index (χ3v) is 3.80. The lowest BCUT2D eigenvalue weighted by atomic mass is 10.2. The van der Waals surface area contributed by atoms with Gasteiger partial charge < -0.3 is 0 Å². The summed E-state index contributed by atoms with van der Waals surface area (Å²) in [5, 5.41) is 9.45. The summed E-state index contributed by atoms with van der Waals surface area (Å²) in [6.07, 6.45) is 3.24. The number of nitrogens with one attached hydrogen (secondary N) is 1. The van der Waals surface area contributed by atoms with Crippen LogP contribution in [0.25, 0.3) is 6.08 Å². The molecule has 0 unspecified atom stereocenters. The molecule has 3 N–H and O–H groups in total. The van der Waals surface area contributed by atoms with Crippen molar-refractivity contribution in [1.29, 1.82) is 0 Å². The topological polar surface area (TPSA) is 84.5 Å². The molecule has 0 aliphatic heterocycles. The van der Waals surface area contributed by atoms with Gasteiger partial charge in [0.2, 0.25) is 10.0 Å². The van der Waals surface area contributed by atoms with Crippen molar-refractivity contribution in [1.82, 2.24) is 0 Å². The van der Waals surface area contributed by atoms with Crippen molar-refractivity contribution >= 4 is 39.6 Å². The summed E-state index contributed by atoms with van der Waals surface area (Å²) in [6.45, 7) is 0. The van der Waals surface area contributed by atoms with E-state index < -0.39 is 10.0 Å². The van der Waals surface area contributed by atoms with Gasteiger partial charge in [0.1, 0.15) is 0 Å². The van der Waals surface area contributed by atoms with Crippen LogP contribution in [0.15, 0.2) is 69.6 Å². The van der Waals surface area contributed by atoms with E-state index in [-0.39, 0.29) is 4.90 Å². The van der Waals surface area contributed by atoms with Crippen LogP contribution in [-0.4, -0.2) is 14.6 Å². The van der Waals surface area contributed by atoms with Crippen LogP contribution in [0.3, 0.4) is 0 Å². The smallest absolute Gasteiger partial charge is 0.238 e. The number of halogens is 1. The zero-order valence-electron chi connectivity index (χ0n) is 11.5. The highest BCUT2D eigenvalue weighted by Crippen LogP contribution is 2.13. The number of hydrazone groups is 1. The largest absolute Gasteiger partial charge is 0.278 e. The first kappa shape index (κ1) is 16.2. The zero-order chi connectivity index (χ0) is 16.0. The molecule has 2 rings (SSSR count). The highest BCUT2D eigenvalue weighted by atomic mass is 35.5. The molecule has 0 heterocycles. The first-order chi connectivity index (χ1) is 10.4. The lowest BCUT2D eigenvalue weighted by molar-refractivity contribution is 0.598. The molecule has 114 valence electrons. The Balaban J connectivity index is 1.99. The molecule has 0 aliphatic carbocycles. The Morgan fingerprint density at radius 3 is 2.32 bits per heavy atom. The maximum atomic E-state index is 11.1. The van der Waals surface area contributed by atoms with Gasteiger partial charge in [-0.1, -0.05) is 41.9 Å². The van der Waals surface area contributed by atoms with Crippen LogP contribution in [-0.2, 0) is 10.0 Å². The van der Waals surface area contributed by atoms with Crippen LogP contribution in [0, 0.1) is 0 Å². The molecule has 7 heteroatoms. The molecule has 0 amide bonds. The van der Waals surface area contributed by atoms with E-state index in [0.717, 1.165) is 5.56 Å². The molecule has 0 aromatic heterocycles. The van der Waals surface area contributed by atoms with Crippen LogP contribution in [0.1, 0.15) is 5.56 Å². The second-order valence-corrected chi connectivity index (χ2v) is 6.38. The summed E-state index contributed by atoms with van der Waals surface area (Å²) in [4.78, 5) is 0.0454. The third kappa shape index (κ3) is 5.00. The second kappa shape index (κ2) is 7.22. The summed E-state index contributed by atoms with van der Waals surface area (Å²) >= 11 is 6.04. The third-order valence-electron chi connectivity index (χ3n) is 2.67. The van der Waals surface area contributed by atoms with Crippen molar-refractivity contribution in [2.24, 2.45) is 10.2 Å². The molecule has 0 aliphatic rings. The highest BCUT2D eigenvalue weighted by Gasteiger charge is 2.05. The normalized spacial score (nSPS) is 12.5. The summed E-state index contributed by atoms with van der Waals surface area (Å²) in [5.74, 6) is 0. The van der Waals surface area contributed by atoms with Gasteiger partial charge in [0.25, 0.3) is 0 Å². The molecular formula is C15H14ClN3O2S. The van der Waals surface area contributed by atoms with E-state index in [1.54, 1.807) is 18.2 Å². The van der Waals surface area contributed by atoms with Crippen molar-refractivity contribution < 1.29 is 8.42 Å². The summed E-state index contributed by atoms with van der Waals surface area (Å²) in [7, 11) is -3.68. The van der Waals surface area contributed by atoms with Gasteiger partial charge in [0.15, 0.2) is 0 Å². The van der Waals surface area contributed by atoms with Gasteiger partial charge in [-0.25, -0.2) is 13.6 Å². The van der Waals surface area contributed by atoms with E-state index in [2.05, 4.69) is 10.5 Å². The number of sulfonamides is 1. The minimum atomic E-state index is -3.68. The number of nitrogens with two attached hydrogens (primary N) is 1. The van der Waals surface area contributed by atoms with Crippen molar-refractivity contribution in [3.8, 4) is 0 Å². The minimum Gasteiger partial charge on any atom is -0.278 e. The van der Waals surface area contributed by atoms with Crippen LogP contribution in [0.2, 0.25) is 0 Å². The average molecular weight is 336 g/mol. The van der Waals surface area contributed by atoms with E-state index in [4.69, 9.17) is 16.7 Å². The molecule has 0 radical (unpaired) electrons. The first-order valence-electron chi connectivity index (χ1n) is 6.29.